The number of nitriles is 1. The van der Waals surface area contributed by atoms with E-state index in [0.29, 0.717) is 27.8 Å². The fourth-order valence-corrected chi connectivity index (χ4v) is 5.94. The second-order valence-electron chi connectivity index (χ2n) is 9.98. The molecule has 1 unspecified atom stereocenters. The van der Waals surface area contributed by atoms with Crippen LogP contribution in [-0.2, 0) is 6.42 Å². The Bertz CT molecular complexity index is 1760. The summed E-state index contributed by atoms with van der Waals surface area (Å²) in [6.45, 7) is 4.21. The van der Waals surface area contributed by atoms with Gasteiger partial charge < -0.3 is 15.0 Å². The molecule has 9 nitrogen and oxygen atoms in total. The molecule has 2 heterocycles. The first-order valence-corrected chi connectivity index (χ1v) is 15.0. The minimum Gasteiger partial charge on any atom is -0.406 e. The van der Waals surface area contributed by atoms with Gasteiger partial charge in [-0.25, -0.2) is 14.5 Å². The maximum absolute atomic E-state index is 12.9. The van der Waals surface area contributed by atoms with Gasteiger partial charge in [0.1, 0.15) is 18.1 Å². The van der Waals surface area contributed by atoms with E-state index in [1.54, 1.807) is 24.3 Å². The molecule has 1 atom stereocenters. The van der Waals surface area contributed by atoms with Crippen LogP contribution in [-0.4, -0.2) is 44.1 Å². The molecule has 0 radical (unpaired) electrons. The number of amides is 2. The maximum atomic E-state index is 12.9. The smallest absolute Gasteiger partial charge is 0.406 e. The summed E-state index contributed by atoms with van der Waals surface area (Å²) in [5, 5.41) is 17.4. The topological polar surface area (TPSA) is 108 Å². The summed E-state index contributed by atoms with van der Waals surface area (Å²) in [6.07, 6.45) is -0.186. The fraction of sp³-hybridized carbons (Fsp3) is 0.219. The number of aromatic nitrogens is 3. The van der Waals surface area contributed by atoms with Gasteiger partial charge in [0.2, 0.25) is 0 Å². The van der Waals surface area contributed by atoms with Crippen LogP contribution < -0.4 is 15.0 Å². The van der Waals surface area contributed by atoms with Gasteiger partial charge in [-0.3, -0.25) is 0 Å². The van der Waals surface area contributed by atoms with Crippen molar-refractivity contribution in [2.24, 2.45) is 4.99 Å². The van der Waals surface area contributed by atoms with Crippen molar-refractivity contribution >= 4 is 34.2 Å². The molecule has 1 N–H and O–H groups in total. The van der Waals surface area contributed by atoms with Crippen LogP contribution in [0.2, 0.25) is 0 Å². The second kappa shape index (κ2) is 13.7. The molecule has 1 fully saturated rings. The molecule has 1 aliphatic rings. The highest BCUT2D eigenvalue weighted by molar-refractivity contribution is 8.14. The lowest BCUT2D eigenvalue weighted by Gasteiger charge is -2.36. The highest BCUT2D eigenvalue weighted by Crippen LogP contribution is 2.32. The first-order valence-electron chi connectivity index (χ1n) is 14.0. The van der Waals surface area contributed by atoms with Crippen LogP contribution in [0.1, 0.15) is 31.4 Å². The maximum Gasteiger partial charge on any atom is 0.573 e. The van der Waals surface area contributed by atoms with Crippen LogP contribution in [0, 0.1) is 11.3 Å². The van der Waals surface area contributed by atoms with E-state index in [-0.39, 0.29) is 17.4 Å². The molecule has 1 saturated heterocycles. The average molecular weight is 632 g/mol. The molecule has 4 aromatic rings. The first kappa shape index (κ1) is 31.3. The number of anilines is 1. The Kier molecular flexibility index (Phi) is 9.53. The molecule has 45 heavy (non-hydrogen) atoms. The van der Waals surface area contributed by atoms with Crippen molar-refractivity contribution in [1.29, 1.82) is 5.26 Å². The molecule has 2 amide bonds. The SMILES string of the molecule is CCc1ccccc1N1C(=NC(=O)N/C=C(\C#N)c2ccc(-c3ncn(-c4ccc(OC(F)(F)F)cc4)n3)cc2)SCCC1C. The predicted molar refractivity (Wildman–Crippen MR) is 168 cm³/mol. The number of alkyl halides is 3. The third-order valence-corrected chi connectivity index (χ3v) is 7.97. The number of rotatable bonds is 7. The molecular formula is C32H28F3N7O2S. The Morgan fingerprint density at radius 2 is 1.89 bits per heavy atom. The Labute approximate surface area is 262 Å². The van der Waals surface area contributed by atoms with Gasteiger partial charge in [0.05, 0.1) is 11.3 Å². The van der Waals surface area contributed by atoms with Crippen LogP contribution in [0.15, 0.2) is 90.3 Å². The minimum atomic E-state index is -4.77. The Morgan fingerprint density at radius 3 is 2.58 bits per heavy atom. The number of benzene rings is 3. The summed E-state index contributed by atoms with van der Waals surface area (Å²) in [4.78, 5) is 23.6. The van der Waals surface area contributed by atoms with Gasteiger partial charge in [0.15, 0.2) is 11.0 Å². The lowest BCUT2D eigenvalue weighted by molar-refractivity contribution is -0.274. The number of ether oxygens (including phenoxy) is 1. The molecule has 1 aromatic heterocycles. The number of thioether (sulfide) groups is 1. The summed E-state index contributed by atoms with van der Waals surface area (Å²) >= 11 is 1.53. The average Bonchev–Trinajstić information content (AvgIpc) is 3.52. The number of hydrogen-bond donors (Lipinski definition) is 1. The normalized spacial score (nSPS) is 16.4. The first-order chi connectivity index (χ1) is 21.6. The van der Waals surface area contributed by atoms with E-state index in [9.17, 15) is 23.2 Å². The summed E-state index contributed by atoms with van der Waals surface area (Å²) in [5.74, 6) is 0.881. The summed E-state index contributed by atoms with van der Waals surface area (Å²) in [6, 6.07) is 21.9. The quantitative estimate of drug-likeness (QED) is 0.212. The van der Waals surface area contributed by atoms with Crippen molar-refractivity contribution in [2.75, 3.05) is 10.7 Å². The number of hydrogen-bond acceptors (Lipinski definition) is 6. The monoisotopic (exact) mass is 631 g/mol. The Balaban J connectivity index is 1.27. The van der Waals surface area contributed by atoms with Crippen molar-refractivity contribution in [1.82, 2.24) is 20.1 Å². The summed E-state index contributed by atoms with van der Waals surface area (Å²) in [7, 11) is 0. The van der Waals surface area contributed by atoms with Gasteiger partial charge >= 0.3 is 12.4 Å². The van der Waals surface area contributed by atoms with Crippen molar-refractivity contribution in [3.63, 3.8) is 0 Å². The summed E-state index contributed by atoms with van der Waals surface area (Å²) in [5.41, 5.74) is 4.14. The van der Waals surface area contributed by atoms with Gasteiger partial charge in [0, 0.05) is 29.2 Å². The lowest BCUT2D eigenvalue weighted by Crippen LogP contribution is -2.42. The van der Waals surface area contributed by atoms with E-state index >= 15 is 0 Å². The van der Waals surface area contributed by atoms with Gasteiger partial charge in [-0.2, -0.15) is 10.3 Å². The zero-order valence-corrected chi connectivity index (χ0v) is 25.1. The van der Waals surface area contributed by atoms with Gasteiger partial charge in [0.25, 0.3) is 0 Å². The summed E-state index contributed by atoms with van der Waals surface area (Å²) < 4.78 is 42.6. The minimum absolute atomic E-state index is 0.175. The molecular weight excluding hydrogens is 603 g/mol. The number of aryl methyl sites for hydroxylation is 1. The Morgan fingerprint density at radius 1 is 1.16 bits per heavy atom. The van der Waals surface area contributed by atoms with Crippen LogP contribution >= 0.6 is 11.8 Å². The number of amidine groups is 1. The van der Waals surface area contributed by atoms with Crippen LogP contribution in [0.3, 0.4) is 0 Å². The number of halogens is 3. The van der Waals surface area contributed by atoms with Crippen LogP contribution in [0.4, 0.5) is 23.7 Å². The number of para-hydroxylation sites is 1. The van der Waals surface area contributed by atoms with Crippen molar-refractivity contribution in [2.45, 2.75) is 39.1 Å². The lowest BCUT2D eigenvalue weighted by atomic mass is 10.1. The third-order valence-electron chi connectivity index (χ3n) is 6.98. The van der Waals surface area contributed by atoms with Gasteiger partial charge in [-0.15, -0.1) is 18.3 Å². The third kappa shape index (κ3) is 7.71. The standard InChI is InChI=1S/C32H28F3N7O2S/c1-3-22-6-4-5-7-28(22)42-21(2)16-17-45-31(42)39-30(43)37-19-25(18-36)23-8-10-24(11-9-23)29-38-20-41(40-29)26-12-14-27(15-13-26)44-32(33,34)35/h4-15,19-21H,3,16-17H2,1-2H3,(H,37,43)/b25-19+,39-31?. The van der Waals surface area contributed by atoms with E-state index < -0.39 is 12.4 Å². The number of carbonyl (C=O) groups is 1. The number of carbonyl (C=O) groups excluding carboxylic acids is 1. The van der Waals surface area contributed by atoms with E-state index in [1.807, 2.05) is 18.2 Å². The largest absolute Gasteiger partial charge is 0.573 e. The molecule has 3 aromatic carbocycles. The zero-order valence-electron chi connectivity index (χ0n) is 24.3. The number of nitrogens with one attached hydrogen (secondary N) is 1. The zero-order chi connectivity index (χ0) is 32.0. The highest BCUT2D eigenvalue weighted by atomic mass is 32.2. The second-order valence-corrected chi connectivity index (χ2v) is 11.0. The van der Waals surface area contributed by atoms with Gasteiger partial charge in [-0.05, 0) is 61.2 Å². The van der Waals surface area contributed by atoms with Crippen molar-refractivity contribution in [3.8, 4) is 28.9 Å². The van der Waals surface area contributed by atoms with Crippen LogP contribution in [0.5, 0.6) is 5.75 Å². The molecule has 230 valence electrons. The van der Waals surface area contributed by atoms with Crippen LogP contribution in [0.25, 0.3) is 22.6 Å². The van der Waals surface area contributed by atoms with E-state index in [0.717, 1.165) is 24.3 Å². The molecule has 0 bridgehead atoms. The van der Waals surface area contributed by atoms with E-state index in [2.05, 4.69) is 56.0 Å². The molecule has 1 aliphatic heterocycles. The van der Waals surface area contributed by atoms with Crippen molar-refractivity contribution in [3.05, 3.63) is 96.5 Å². The number of urea groups is 1. The Hall–Kier alpha value is -5.09. The predicted octanol–water partition coefficient (Wildman–Crippen LogP) is 7.36. The number of nitrogens with zero attached hydrogens (tertiary/aromatic N) is 6. The molecule has 0 aliphatic carbocycles. The molecule has 5 rings (SSSR count). The van der Waals surface area contributed by atoms with E-state index in [1.165, 1.54) is 58.8 Å². The molecule has 13 heteroatoms. The molecule has 0 spiro atoms. The molecule has 0 saturated carbocycles. The number of allylic oxidation sites excluding steroid dienone is 1. The van der Waals surface area contributed by atoms with Crippen molar-refractivity contribution < 1.29 is 22.7 Å². The van der Waals surface area contributed by atoms with Gasteiger partial charge in [-0.1, -0.05) is 61.2 Å². The fourth-order valence-electron chi connectivity index (χ4n) is 4.73. The van der Waals surface area contributed by atoms with E-state index in [4.69, 9.17) is 0 Å². The number of aliphatic imine (C=N–C) groups is 1. The highest BCUT2D eigenvalue weighted by Gasteiger charge is 2.31.